The predicted octanol–water partition coefficient (Wildman–Crippen LogP) is 2.72. The second-order valence-electron chi connectivity index (χ2n) is 6.50. The van der Waals surface area contributed by atoms with E-state index in [1.54, 1.807) is 18.2 Å². The van der Waals surface area contributed by atoms with Crippen LogP contribution in [0, 0.1) is 0 Å². The van der Waals surface area contributed by atoms with E-state index in [1.807, 2.05) is 6.07 Å². The van der Waals surface area contributed by atoms with Crippen molar-refractivity contribution in [1.29, 1.82) is 0 Å². The Morgan fingerprint density at radius 2 is 1.87 bits per heavy atom. The Labute approximate surface area is 184 Å². The lowest BCUT2D eigenvalue weighted by Gasteiger charge is -2.12. The summed E-state index contributed by atoms with van der Waals surface area (Å²) in [6, 6.07) is 14.0. The highest BCUT2D eigenvalue weighted by Gasteiger charge is 2.20. The first-order chi connectivity index (χ1) is 14.7. The van der Waals surface area contributed by atoms with E-state index < -0.39 is 15.9 Å². The van der Waals surface area contributed by atoms with Gasteiger partial charge in [-0.15, -0.1) is 0 Å². The number of rotatable bonds is 7. The molecule has 0 unspecified atom stereocenters. The summed E-state index contributed by atoms with van der Waals surface area (Å²) < 4.78 is 33.2. The van der Waals surface area contributed by atoms with Crippen LogP contribution in [0.4, 0.5) is 5.69 Å². The molecule has 0 saturated carbocycles. The maximum absolute atomic E-state index is 12.7. The molecule has 1 aromatic heterocycles. The highest BCUT2D eigenvalue weighted by Crippen LogP contribution is 2.25. The number of anilines is 1. The maximum atomic E-state index is 12.7. The average molecular weight is 462 g/mol. The molecule has 1 amide bonds. The maximum Gasteiger partial charge on any atom is 0.255 e. The lowest BCUT2D eigenvalue weighted by atomic mass is 10.2. The third kappa shape index (κ3) is 5.13. The van der Waals surface area contributed by atoms with Crippen LogP contribution in [0.3, 0.4) is 0 Å². The number of hydrogen-bond acceptors (Lipinski definition) is 5. The fraction of sp³-hybridized carbons (Fsp3) is 0.143. The first-order valence-electron chi connectivity index (χ1n) is 9.12. The first kappa shape index (κ1) is 22.5. The lowest BCUT2D eigenvalue weighted by Crippen LogP contribution is -2.22. The second-order valence-corrected chi connectivity index (χ2v) is 8.76. The van der Waals surface area contributed by atoms with E-state index in [1.165, 1.54) is 55.3 Å². The largest absolute Gasteiger partial charge is 0.495 e. The summed E-state index contributed by atoms with van der Waals surface area (Å²) in [4.78, 5) is 24.8. The number of carbonyl (C=O) groups excluding carboxylic acids is 1. The van der Waals surface area contributed by atoms with Crippen molar-refractivity contribution in [2.45, 2.75) is 11.4 Å². The molecule has 2 aromatic carbocycles. The number of nitrogens with zero attached hydrogens (tertiary/aromatic N) is 1. The van der Waals surface area contributed by atoms with Crippen molar-refractivity contribution in [3.8, 4) is 5.75 Å². The van der Waals surface area contributed by atoms with E-state index >= 15 is 0 Å². The highest BCUT2D eigenvalue weighted by molar-refractivity contribution is 7.89. The molecule has 0 atom stereocenters. The van der Waals surface area contributed by atoms with Gasteiger partial charge in [0.05, 0.1) is 19.3 Å². The molecule has 0 aliphatic heterocycles. The number of amides is 1. The molecule has 0 spiro atoms. The molecular weight excluding hydrogens is 442 g/mol. The van der Waals surface area contributed by atoms with E-state index in [2.05, 4.69) is 10.0 Å². The van der Waals surface area contributed by atoms with E-state index in [0.29, 0.717) is 10.7 Å². The van der Waals surface area contributed by atoms with Crippen molar-refractivity contribution in [3.63, 3.8) is 0 Å². The number of aromatic nitrogens is 1. The molecule has 0 aliphatic carbocycles. The third-order valence-corrected chi connectivity index (χ3v) is 6.33. The quantitative estimate of drug-likeness (QED) is 0.562. The summed E-state index contributed by atoms with van der Waals surface area (Å²) in [7, 11) is -1.23. The number of benzene rings is 2. The summed E-state index contributed by atoms with van der Waals surface area (Å²) in [5.41, 5.74) is 0.973. The Bertz CT molecular complexity index is 1290. The molecule has 8 nitrogen and oxygen atoms in total. The Balaban J connectivity index is 1.88. The van der Waals surface area contributed by atoms with Crippen LogP contribution < -0.4 is 20.3 Å². The summed E-state index contributed by atoms with van der Waals surface area (Å²) in [5.74, 6) is -0.433. The molecule has 3 rings (SSSR count). The van der Waals surface area contributed by atoms with Crippen molar-refractivity contribution >= 4 is 33.2 Å². The van der Waals surface area contributed by atoms with Crippen LogP contribution in [0.15, 0.2) is 70.5 Å². The van der Waals surface area contributed by atoms with Crippen molar-refractivity contribution in [3.05, 3.63) is 87.3 Å². The van der Waals surface area contributed by atoms with Gasteiger partial charge in [-0.25, -0.2) is 13.1 Å². The van der Waals surface area contributed by atoms with Crippen molar-refractivity contribution in [2.75, 3.05) is 19.5 Å². The number of nitrogens with one attached hydrogen (secondary N) is 2. The number of hydrogen-bond donors (Lipinski definition) is 2. The number of carbonyl (C=O) groups is 1. The molecule has 10 heteroatoms. The summed E-state index contributed by atoms with van der Waals surface area (Å²) >= 11 is 6.17. The summed E-state index contributed by atoms with van der Waals surface area (Å²) in [6.07, 6.45) is 1.50. The van der Waals surface area contributed by atoms with Gasteiger partial charge in [0.15, 0.2) is 0 Å². The third-order valence-electron chi connectivity index (χ3n) is 4.52. The normalized spacial score (nSPS) is 11.2. The molecule has 0 aliphatic rings. The fourth-order valence-corrected chi connectivity index (χ4v) is 3.99. The smallest absolute Gasteiger partial charge is 0.255 e. The first-order valence-corrected chi connectivity index (χ1v) is 11.0. The van der Waals surface area contributed by atoms with Crippen LogP contribution in [-0.4, -0.2) is 33.0 Å². The minimum atomic E-state index is -3.83. The molecule has 3 aromatic rings. The van der Waals surface area contributed by atoms with Crippen LogP contribution in [0.2, 0.25) is 5.02 Å². The van der Waals surface area contributed by atoms with Crippen LogP contribution in [0.5, 0.6) is 5.75 Å². The van der Waals surface area contributed by atoms with Crippen molar-refractivity contribution < 1.29 is 17.9 Å². The van der Waals surface area contributed by atoms with Gasteiger partial charge < -0.3 is 14.6 Å². The predicted molar refractivity (Wildman–Crippen MR) is 118 cm³/mol. The zero-order valence-corrected chi connectivity index (χ0v) is 18.3. The molecule has 0 radical (unpaired) electrons. The molecule has 1 heterocycles. The highest BCUT2D eigenvalue weighted by atomic mass is 35.5. The number of methoxy groups -OCH3 is 1. The number of halogens is 1. The van der Waals surface area contributed by atoms with E-state index in [4.69, 9.17) is 16.3 Å². The summed E-state index contributed by atoms with van der Waals surface area (Å²) in [5, 5.41) is 3.20. The van der Waals surface area contributed by atoms with Gasteiger partial charge in [0.1, 0.15) is 10.6 Å². The van der Waals surface area contributed by atoms with Crippen LogP contribution in [0.25, 0.3) is 0 Å². The molecular formula is C21H20ClN3O5S. The Kier molecular flexibility index (Phi) is 6.79. The molecule has 0 fully saturated rings. The van der Waals surface area contributed by atoms with Crippen LogP contribution >= 0.6 is 11.6 Å². The fourth-order valence-electron chi connectivity index (χ4n) is 2.88. The van der Waals surface area contributed by atoms with Gasteiger partial charge in [0.2, 0.25) is 10.0 Å². The van der Waals surface area contributed by atoms with E-state index in [9.17, 15) is 18.0 Å². The van der Waals surface area contributed by atoms with Gasteiger partial charge in [-0.2, -0.15) is 0 Å². The zero-order valence-electron chi connectivity index (χ0n) is 16.8. The minimum absolute atomic E-state index is 0.110. The number of ether oxygens (including phenoxy) is 1. The molecule has 0 bridgehead atoms. The van der Waals surface area contributed by atoms with E-state index in [0.717, 1.165) is 5.56 Å². The Hall–Kier alpha value is -3.14. The van der Waals surface area contributed by atoms with Gasteiger partial charge in [-0.1, -0.05) is 29.8 Å². The SMILES string of the molecule is CNS(=O)(=O)c1cc(C(=O)Nc2ccc(=O)n(Cc3ccccc3Cl)c2)ccc1OC. The molecule has 31 heavy (non-hydrogen) atoms. The van der Waals surface area contributed by atoms with Gasteiger partial charge in [0.25, 0.3) is 11.5 Å². The number of pyridine rings is 1. The van der Waals surface area contributed by atoms with Crippen LogP contribution in [0.1, 0.15) is 15.9 Å². The topological polar surface area (TPSA) is 107 Å². The molecule has 0 saturated heterocycles. The minimum Gasteiger partial charge on any atom is -0.495 e. The Morgan fingerprint density at radius 3 is 2.55 bits per heavy atom. The second kappa shape index (κ2) is 9.34. The molecule has 2 N–H and O–H groups in total. The monoisotopic (exact) mass is 461 g/mol. The average Bonchev–Trinajstić information content (AvgIpc) is 2.77. The Morgan fingerprint density at radius 1 is 1.13 bits per heavy atom. The standard InChI is InChI=1S/C21H20ClN3O5S/c1-23-31(28,29)19-11-14(7-9-18(19)30-2)21(27)24-16-8-10-20(26)25(13-16)12-15-5-3-4-6-17(15)22/h3-11,13,23H,12H2,1-2H3,(H,24,27). The van der Waals surface area contributed by atoms with Gasteiger partial charge in [0, 0.05) is 22.8 Å². The van der Waals surface area contributed by atoms with Crippen molar-refractivity contribution in [1.82, 2.24) is 9.29 Å². The van der Waals surface area contributed by atoms with Crippen molar-refractivity contribution in [2.24, 2.45) is 0 Å². The lowest BCUT2D eigenvalue weighted by molar-refractivity contribution is 0.102. The zero-order chi connectivity index (χ0) is 22.6. The summed E-state index contributed by atoms with van der Waals surface area (Å²) in [6.45, 7) is 0.231. The van der Waals surface area contributed by atoms with Gasteiger partial charge in [-0.05, 0) is 42.9 Å². The van der Waals surface area contributed by atoms with Gasteiger partial charge >= 0.3 is 0 Å². The van der Waals surface area contributed by atoms with E-state index in [-0.39, 0.29) is 28.3 Å². The van der Waals surface area contributed by atoms with Crippen LogP contribution in [-0.2, 0) is 16.6 Å². The molecule has 162 valence electrons. The van der Waals surface area contributed by atoms with Gasteiger partial charge in [-0.3, -0.25) is 9.59 Å². The number of sulfonamides is 1.